The number of nitrogens with zero attached hydrogens (tertiary/aromatic N) is 3. The fraction of sp³-hybridized carbons (Fsp3) is 0.632. The summed E-state index contributed by atoms with van der Waals surface area (Å²) < 4.78 is 80.1. The molecular formula is C19H23ClF6N4O2. The van der Waals surface area contributed by atoms with Crippen LogP contribution in [0.15, 0.2) is 18.2 Å². The van der Waals surface area contributed by atoms with Gasteiger partial charge in [-0.1, -0.05) is 17.7 Å². The summed E-state index contributed by atoms with van der Waals surface area (Å²) >= 11 is 6.10. The number of halogens is 7. The summed E-state index contributed by atoms with van der Waals surface area (Å²) in [4.78, 5) is 15.1. The summed E-state index contributed by atoms with van der Waals surface area (Å²) in [6, 6.07) is 2.59. The summed E-state index contributed by atoms with van der Waals surface area (Å²) in [6.07, 6.45) is -12.4. The summed E-state index contributed by atoms with van der Waals surface area (Å²) in [7, 11) is 0. The maximum absolute atomic E-state index is 13.3. The maximum atomic E-state index is 13.3. The van der Waals surface area contributed by atoms with Crippen molar-refractivity contribution in [2.24, 2.45) is 11.7 Å². The molecule has 3 N–H and O–H groups in total. The van der Waals surface area contributed by atoms with Crippen LogP contribution in [0.3, 0.4) is 0 Å². The first-order valence-corrected chi connectivity index (χ1v) is 10.3. The number of rotatable bonds is 4. The highest BCUT2D eigenvalue weighted by atomic mass is 35.5. The minimum Gasteiger partial charge on any atom is -0.465 e. The molecule has 0 saturated carbocycles. The Bertz CT molecular complexity index is 823. The molecule has 2 heterocycles. The Morgan fingerprint density at radius 3 is 2.31 bits per heavy atom. The van der Waals surface area contributed by atoms with E-state index in [1.165, 1.54) is 4.90 Å². The lowest BCUT2D eigenvalue weighted by molar-refractivity contribution is -0.300. The molecule has 0 aliphatic carbocycles. The van der Waals surface area contributed by atoms with Gasteiger partial charge >= 0.3 is 18.4 Å². The second-order valence-corrected chi connectivity index (χ2v) is 8.54. The van der Waals surface area contributed by atoms with E-state index in [1.807, 2.05) is 4.90 Å². The van der Waals surface area contributed by atoms with Crippen LogP contribution < -0.4 is 10.6 Å². The number of hydrogen-bond acceptors (Lipinski definition) is 4. The molecule has 1 amide bonds. The van der Waals surface area contributed by atoms with E-state index in [0.29, 0.717) is 29.4 Å². The molecule has 1 aromatic rings. The average molecular weight is 489 g/mol. The Balaban J connectivity index is 1.87. The highest BCUT2D eigenvalue weighted by Gasteiger charge is 2.62. The maximum Gasteiger partial charge on any atom is 0.407 e. The zero-order valence-electron chi connectivity index (χ0n) is 16.8. The number of nitrogens with two attached hydrogens (primary N) is 1. The van der Waals surface area contributed by atoms with E-state index in [2.05, 4.69) is 0 Å². The molecule has 2 fully saturated rings. The van der Waals surface area contributed by atoms with Gasteiger partial charge in [0.2, 0.25) is 0 Å². The number of hydrogen-bond donors (Lipinski definition) is 2. The van der Waals surface area contributed by atoms with Crippen LogP contribution in [-0.2, 0) is 6.54 Å². The van der Waals surface area contributed by atoms with E-state index in [0.717, 1.165) is 6.42 Å². The Morgan fingerprint density at radius 1 is 1.12 bits per heavy atom. The fourth-order valence-electron chi connectivity index (χ4n) is 4.37. The molecule has 0 radical (unpaired) electrons. The van der Waals surface area contributed by atoms with Crippen molar-refractivity contribution < 1.29 is 36.2 Å². The standard InChI is InChI=1S/C19H23ClF6N4O2/c20-12-2-1-11(14(7-12)29-4-3-13(27)9-29)8-28-5-6-30(17(31)32)15(10-28)16(18(21,22)23)19(24,25)26/h1-2,7,13,15-16H,3-6,8-10,27H2,(H,31,32). The van der Waals surface area contributed by atoms with Gasteiger partial charge < -0.3 is 20.6 Å². The number of anilines is 1. The average Bonchev–Trinajstić information content (AvgIpc) is 3.07. The predicted molar refractivity (Wildman–Crippen MR) is 106 cm³/mol. The third-order valence-corrected chi connectivity index (χ3v) is 6.08. The lowest BCUT2D eigenvalue weighted by atomic mass is 9.94. The molecule has 0 aromatic heterocycles. The van der Waals surface area contributed by atoms with Crippen molar-refractivity contribution in [3.8, 4) is 0 Å². The van der Waals surface area contributed by atoms with Crippen molar-refractivity contribution in [2.45, 2.75) is 37.4 Å². The normalized spacial score (nSPS) is 23.3. The first-order valence-electron chi connectivity index (χ1n) is 9.91. The number of benzene rings is 1. The lowest BCUT2D eigenvalue weighted by Gasteiger charge is -2.44. The van der Waals surface area contributed by atoms with Gasteiger partial charge in [-0.15, -0.1) is 0 Å². The molecule has 13 heteroatoms. The van der Waals surface area contributed by atoms with E-state index in [-0.39, 0.29) is 24.0 Å². The summed E-state index contributed by atoms with van der Waals surface area (Å²) in [5, 5.41) is 9.68. The van der Waals surface area contributed by atoms with E-state index >= 15 is 0 Å². The first kappa shape index (κ1) is 24.7. The van der Waals surface area contributed by atoms with Gasteiger partial charge in [-0.25, -0.2) is 4.79 Å². The number of carbonyl (C=O) groups is 1. The van der Waals surface area contributed by atoms with Crippen LogP contribution in [-0.4, -0.2) is 78.2 Å². The van der Waals surface area contributed by atoms with Crippen molar-refractivity contribution in [3.63, 3.8) is 0 Å². The van der Waals surface area contributed by atoms with Crippen molar-refractivity contribution in [1.29, 1.82) is 0 Å². The zero-order valence-corrected chi connectivity index (χ0v) is 17.6. The Hall–Kier alpha value is -1.92. The molecule has 180 valence electrons. The molecule has 1 aromatic carbocycles. The largest absolute Gasteiger partial charge is 0.465 e. The lowest BCUT2D eigenvalue weighted by Crippen LogP contribution is -2.62. The van der Waals surface area contributed by atoms with Gasteiger partial charge in [0.1, 0.15) is 0 Å². The van der Waals surface area contributed by atoms with E-state index in [9.17, 15) is 36.2 Å². The van der Waals surface area contributed by atoms with Crippen molar-refractivity contribution >= 4 is 23.4 Å². The summed E-state index contributed by atoms with van der Waals surface area (Å²) in [5.74, 6) is -3.78. The minimum atomic E-state index is -5.64. The molecule has 2 saturated heterocycles. The van der Waals surface area contributed by atoms with Crippen LogP contribution >= 0.6 is 11.6 Å². The van der Waals surface area contributed by atoms with Gasteiger partial charge in [-0.3, -0.25) is 4.90 Å². The number of amides is 1. The highest BCUT2D eigenvalue weighted by molar-refractivity contribution is 6.30. The molecule has 0 bridgehead atoms. The smallest absolute Gasteiger partial charge is 0.407 e. The van der Waals surface area contributed by atoms with Crippen LogP contribution in [0.4, 0.5) is 36.8 Å². The number of carboxylic acid groups (broad SMARTS) is 1. The highest BCUT2D eigenvalue weighted by Crippen LogP contribution is 2.44. The Kier molecular flexibility index (Phi) is 7.06. The van der Waals surface area contributed by atoms with Crippen molar-refractivity contribution in [2.75, 3.05) is 37.6 Å². The van der Waals surface area contributed by atoms with E-state index in [1.54, 1.807) is 18.2 Å². The molecule has 32 heavy (non-hydrogen) atoms. The minimum absolute atomic E-state index is 0.00713. The van der Waals surface area contributed by atoms with Crippen molar-refractivity contribution in [3.05, 3.63) is 28.8 Å². The van der Waals surface area contributed by atoms with E-state index in [4.69, 9.17) is 17.3 Å². The third kappa shape index (κ3) is 5.52. The molecule has 6 nitrogen and oxygen atoms in total. The predicted octanol–water partition coefficient (Wildman–Crippen LogP) is 3.78. The second-order valence-electron chi connectivity index (χ2n) is 8.11. The van der Waals surface area contributed by atoms with E-state index < -0.39 is 43.5 Å². The monoisotopic (exact) mass is 488 g/mol. The first-order chi connectivity index (χ1) is 14.8. The molecule has 2 atom stereocenters. The summed E-state index contributed by atoms with van der Waals surface area (Å²) in [5.41, 5.74) is 7.33. The Labute approximate surface area is 185 Å². The third-order valence-electron chi connectivity index (χ3n) is 5.85. The van der Waals surface area contributed by atoms with Gasteiger partial charge in [-0.05, 0) is 24.1 Å². The fourth-order valence-corrected chi connectivity index (χ4v) is 4.54. The molecule has 3 rings (SSSR count). The van der Waals surface area contributed by atoms with Crippen molar-refractivity contribution in [1.82, 2.24) is 9.80 Å². The quantitative estimate of drug-likeness (QED) is 0.631. The second kappa shape index (κ2) is 9.14. The van der Waals surface area contributed by atoms with Gasteiger partial charge in [0.05, 0.1) is 6.04 Å². The van der Waals surface area contributed by atoms with Crippen LogP contribution in [0, 0.1) is 5.92 Å². The van der Waals surface area contributed by atoms with Crippen LogP contribution in [0.5, 0.6) is 0 Å². The van der Waals surface area contributed by atoms with Gasteiger partial charge in [0.25, 0.3) is 0 Å². The number of alkyl halides is 6. The summed E-state index contributed by atoms with van der Waals surface area (Å²) in [6.45, 7) is 0.0519. The van der Waals surface area contributed by atoms with Gasteiger partial charge in [0, 0.05) is 56.0 Å². The van der Waals surface area contributed by atoms with Crippen LogP contribution in [0.2, 0.25) is 5.02 Å². The molecular weight excluding hydrogens is 466 g/mol. The zero-order chi connectivity index (χ0) is 23.8. The Morgan fingerprint density at radius 2 is 1.78 bits per heavy atom. The van der Waals surface area contributed by atoms with Gasteiger partial charge in [0.15, 0.2) is 5.92 Å². The number of piperazine rings is 1. The SMILES string of the molecule is NC1CCN(c2cc(Cl)ccc2CN2CCN(C(=O)O)C(C(C(F)(F)F)C(F)(F)F)C2)C1. The molecule has 0 spiro atoms. The molecule has 2 aliphatic rings. The van der Waals surface area contributed by atoms with Crippen LogP contribution in [0.1, 0.15) is 12.0 Å². The van der Waals surface area contributed by atoms with Crippen LogP contribution in [0.25, 0.3) is 0 Å². The molecule has 2 aliphatic heterocycles. The topological polar surface area (TPSA) is 73.0 Å². The molecule has 2 unspecified atom stereocenters. The van der Waals surface area contributed by atoms with Gasteiger partial charge in [-0.2, -0.15) is 26.3 Å².